The van der Waals surface area contributed by atoms with Crippen LogP contribution in [0, 0.1) is 0 Å². The molecule has 1 aromatic rings. The first kappa shape index (κ1) is 8.68. The predicted octanol–water partition coefficient (Wildman–Crippen LogP) is 0.411. The van der Waals surface area contributed by atoms with E-state index in [9.17, 15) is 0 Å². The van der Waals surface area contributed by atoms with E-state index in [1.54, 1.807) is 0 Å². The van der Waals surface area contributed by atoms with Crippen molar-refractivity contribution >= 4 is 23.0 Å². The number of nitrogens with zero attached hydrogens (tertiary/aromatic N) is 2. The molecular formula is C9H13N5. The fourth-order valence-electron chi connectivity index (χ4n) is 1.51. The molecular weight excluding hydrogens is 178 g/mol. The van der Waals surface area contributed by atoms with E-state index in [4.69, 9.17) is 11.5 Å². The fraction of sp³-hybridized carbons (Fsp3) is 0.222. The second-order valence-electron chi connectivity index (χ2n) is 3.27. The summed E-state index contributed by atoms with van der Waals surface area (Å²) in [4.78, 5) is 6.10. The third-order valence-corrected chi connectivity index (χ3v) is 2.16. The summed E-state index contributed by atoms with van der Waals surface area (Å²) in [5.74, 6) is 0.0799. The molecule has 1 aliphatic rings. The minimum atomic E-state index is 0.0799. The van der Waals surface area contributed by atoms with Crippen molar-refractivity contribution in [1.82, 2.24) is 0 Å². The van der Waals surface area contributed by atoms with Crippen LogP contribution in [0.5, 0.6) is 0 Å². The van der Waals surface area contributed by atoms with Crippen LogP contribution >= 0.6 is 0 Å². The van der Waals surface area contributed by atoms with Crippen molar-refractivity contribution in [3.8, 4) is 0 Å². The van der Waals surface area contributed by atoms with Crippen molar-refractivity contribution in [3.63, 3.8) is 0 Å². The molecule has 2 rings (SSSR count). The van der Waals surface area contributed by atoms with Gasteiger partial charge < -0.3 is 21.7 Å². The molecule has 0 aliphatic carbocycles. The van der Waals surface area contributed by atoms with E-state index in [1.165, 1.54) is 5.69 Å². The molecule has 74 valence electrons. The van der Waals surface area contributed by atoms with E-state index >= 15 is 0 Å². The number of hydrogen-bond donors (Lipinski definition) is 3. The molecule has 0 unspecified atom stereocenters. The molecule has 5 N–H and O–H groups in total. The van der Waals surface area contributed by atoms with Gasteiger partial charge in [-0.2, -0.15) is 0 Å². The highest BCUT2D eigenvalue weighted by Gasteiger charge is 2.14. The number of aliphatic imine (C=N–C) groups is 1. The van der Waals surface area contributed by atoms with Gasteiger partial charge in [0.2, 0.25) is 0 Å². The zero-order valence-electron chi connectivity index (χ0n) is 7.99. The van der Waals surface area contributed by atoms with Gasteiger partial charge >= 0.3 is 0 Å². The summed E-state index contributed by atoms with van der Waals surface area (Å²) >= 11 is 0. The number of rotatable bonds is 1. The first-order valence-corrected chi connectivity index (χ1v) is 4.35. The molecule has 1 aromatic carbocycles. The molecule has 1 heterocycles. The van der Waals surface area contributed by atoms with Crippen LogP contribution in [-0.2, 0) is 0 Å². The molecule has 5 heteroatoms. The van der Waals surface area contributed by atoms with Crippen LogP contribution in [-0.4, -0.2) is 19.7 Å². The molecule has 0 saturated heterocycles. The molecule has 0 bridgehead atoms. The average Bonchev–Trinajstić information content (AvgIpc) is 2.46. The summed E-state index contributed by atoms with van der Waals surface area (Å²) in [6.45, 7) is 0.820. The normalized spacial score (nSPS) is 13.4. The Morgan fingerprint density at radius 2 is 2.29 bits per heavy atom. The maximum Gasteiger partial charge on any atom is 0.191 e. The Morgan fingerprint density at radius 1 is 1.50 bits per heavy atom. The number of guanidine groups is 1. The van der Waals surface area contributed by atoms with Gasteiger partial charge in [0.15, 0.2) is 5.96 Å². The number of benzene rings is 1. The van der Waals surface area contributed by atoms with Crippen molar-refractivity contribution in [3.05, 3.63) is 18.2 Å². The van der Waals surface area contributed by atoms with Gasteiger partial charge in [-0.15, -0.1) is 0 Å². The largest absolute Gasteiger partial charge is 0.370 e. The number of anilines is 2. The lowest BCUT2D eigenvalue weighted by Crippen LogP contribution is -2.21. The van der Waals surface area contributed by atoms with Crippen molar-refractivity contribution in [1.29, 1.82) is 0 Å². The zero-order chi connectivity index (χ0) is 10.1. The Kier molecular flexibility index (Phi) is 1.92. The van der Waals surface area contributed by atoms with Gasteiger partial charge in [0.1, 0.15) is 0 Å². The highest BCUT2D eigenvalue weighted by molar-refractivity contribution is 5.82. The molecule has 0 spiro atoms. The van der Waals surface area contributed by atoms with Crippen molar-refractivity contribution in [2.45, 2.75) is 0 Å². The predicted molar refractivity (Wildman–Crippen MR) is 58.8 cm³/mol. The molecule has 0 radical (unpaired) electrons. The quantitative estimate of drug-likeness (QED) is 0.443. The molecule has 0 saturated carbocycles. The molecule has 5 nitrogen and oxygen atoms in total. The molecule has 14 heavy (non-hydrogen) atoms. The van der Waals surface area contributed by atoms with Crippen LogP contribution < -0.4 is 21.7 Å². The van der Waals surface area contributed by atoms with E-state index < -0.39 is 0 Å². The van der Waals surface area contributed by atoms with Crippen molar-refractivity contribution in [2.75, 3.05) is 23.9 Å². The maximum absolute atomic E-state index is 5.29. The standard InChI is InChI=1S/C9H13N5/c1-14-5-12-7-4-6(13-9(10)11)2-3-8(7)14/h2-4,12H,5H2,1H3,(H4,10,11,13). The van der Waals surface area contributed by atoms with Crippen LogP contribution in [0.2, 0.25) is 0 Å². The van der Waals surface area contributed by atoms with Crippen LogP contribution in [0.4, 0.5) is 17.1 Å². The fourth-order valence-corrected chi connectivity index (χ4v) is 1.51. The Hall–Kier alpha value is -1.91. The molecule has 0 aromatic heterocycles. The first-order chi connectivity index (χ1) is 6.66. The van der Waals surface area contributed by atoms with Crippen LogP contribution in [0.3, 0.4) is 0 Å². The van der Waals surface area contributed by atoms with E-state index in [-0.39, 0.29) is 5.96 Å². The summed E-state index contributed by atoms with van der Waals surface area (Å²) in [5.41, 5.74) is 13.6. The topological polar surface area (TPSA) is 79.7 Å². The van der Waals surface area contributed by atoms with Gasteiger partial charge in [0.05, 0.1) is 23.7 Å². The Bertz CT molecular complexity index is 381. The lowest BCUT2D eigenvalue weighted by atomic mass is 10.2. The maximum atomic E-state index is 5.29. The highest BCUT2D eigenvalue weighted by Crippen LogP contribution is 2.33. The SMILES string of the molecule is CN1CNc2cc(N=C(N)N)ccc21. The molecule has 1 aliphatic heterocycles. The summed E-state index contributed by atoms with van der Waals surface area (Å²) < 4.78 is 0. The van der Waals surface area contributed by atoms with E-state index in [0.29, 0.717) is 0 Å². The Morgan fingerprint density at radius 3 is 3.00 bits per heavy atom. The number of nitrogens with two attached hydrogens (primary N) is 2. The van der Waals surface area contributed by atoms with Gasteiger partial charge in [0, 0.05) is 7.05 Å². The molecule has 0 amide bonds. The molecule has 0 fully saturated rings. The lowest BCUT2D eigenvalue weighted by Gasteiger charge is -2.09. The highest BCUT2D eigenvalue weighted by atomic mass is 15.3. The van der Waals surface area contributed by atoms with E-state index in [0.717, 1.165) is 18.0 Å². The van der Waals surface area contributed by atoms with Crippen molar-refractivity contribution < 1.29 is 0 Å². The minimum absolute atomic E-state index is 0.0799. The van der Waals surface area contributed by atoms with Gasteiger partial charge in [-0.05, 0) is 18.2 Å². The third kappa shape index (κ3) is 1.44. The van der Waals surface area contributed by atoms with Crippen LogP contribution in [0.1, 0.15) is 0 Å². The summed E-state index contributed by atoms with van der Waals surface area (Å²) in [6.07, 6.45) is 0. The van der Waals surface area contributed by atoms with Crippen LogP contribution in [0.25, 0.3) is 0 Å². The van der Waals surface area contributed by atoms with Crippen molar-refractivity contribution in [2.24, 2.45) is 16.5 Å². The van der Waals surface area contributed by atoms with Crippen LogP contribution in [0.15, 0.2) is 23.2 Å². The van der Waals surface area contributed by atoms with Gasteiger partial charge in [-0.1, -0.05) is 0 Å². The van der Waals surface area contributed by atoms with Gasteiger partial charge in [-0.25, -0.2) is 4.99 Å². The van der Waals surface area contributed by atoms with Gasteiger partial charge in [-0.3, -0.25) is 0 Å². The minimum Gasteiger partial charge on any atom is -0.370 e. The third-order valence-electron chi connectivity index (χ3n) is 2.16. The lowest BCUT2D eigenvalue weighted by molar-refractivity contribution is 1.03. The monoisotopic (exact) mass is 191 g/mol. The summed E-state index contributed by atoms with van der Waals surface area (Å²) in [6, 6.07) is 5.82. The summed E-state index contributed by atoms with van der Waals surface area (Å²) in [5, 5.41) is 3.24. The Labute approximate surface area is 82.4 Å². The number of fused-ring (bicyclic) bond motifs is 1. The second-order valence-corrected chi connectivity index (χ2v) is 3.27. The second kappa shape index (κ2) is 3.10. The smallest absolute Gasteiger partial charge is 0.191 e. The molecule has 0 atom stereocenters. The van der Waals surface area contributed by atoms with Gasteiger partial charge in [0.25, 0.3) is 0 Å². The first-order valence-electron chi connectivity index (χ1n) is 4.35. The zero-order valence-corrected chi connectivity index (χ0v) is 7.99. The number of hydrogen-bond acceptors (Lipinski definition) is 3. The average molecular weight is 191 g/mol. The summed E-state index contributed by atoms with van der Waals surface area (Å²) in [7, 11) is 2.03. The Balaban J connectivity index is 2.37. The van der Waals surface area contributed by atoms with E-state index in [2.05, 4.69) is 15.2 Å². The number of nitrogens with one attached hydrogen (secondary N) is 1. The van der Waals surface area contributed by atoms with E-state index in [1.807, 2.05) is 25.2 Å².